The molecule has 0 bridgehead atoms. The number of nitro groups is 1. The van der Waals surface area contributed by atoms with Crippen molar-refractivity contribution in [2.24, 2.45) is 12.8 Å². The number of rotatable bonds is 8. The first-order valence-corrected chi connectivity index (χ1v) is 11.8. The molecule has 5 rings (SSSR count). The fraction of sp³-hybridized carbons (Fsp3) is 0.190. The van der Waals surface area contributed by atoms with Gasteiger partial charge in [0, 0.05) is 35.0 Å². The second-order valence-corrected chi connectivity index (χ2v) is 9.19. The van der Waals surface area contributed by atoms with Gasteiger partial charge in [0.1, 0.15) is 15.4 Å². The molecule has 0 saturated heterocycles. The third kappa shape index (κ3) is 4.67. The van der Waals surface area contributed by atoms with Crippen LogP contribution in [0.4, 0.5) is 20.4 Å². The first kappa shape index (κ1) is 25.5. The van der Waals surface area contributed by atoms with Crippen LogP contribution in [0.25, 0.3) is 21.3 Å². The van der Waals surface area contributed by atoms with E-state index in [4.69, 9.17) is 5.73 Å². The third-order valence-corrected chi connectivity index (χ3v) is 6.84. The SMILES string of the molecule is Cc1c(-c2cc(C(F)F)nc3sc(C(N)=O)c(NC(=O)c4ccn(Cn5cnc([N+](=O)[O-])n5)n4)c23)cnn1C. The van der Waals surface area contributed by atoms with Crippen molar-refractivity contribution < 1.29 is 23.3 Å². The monoisotopic (exact) mass is 557 g/mol. The topological polar surface area (TPSA) is 195 Å². The number of aromatic nitrogens is 8. The summed E-state index contributed by atoms with van der Waals surface area (Å²) in [7, 11) is 1.68. The summed E-state index contributed by atoms with van der Waals surface area (Å²) in [5.41, 5.74) is 6.43. The molecular weight excluding hydrogens is 540 g/mol. The van der Waals surface area contributed by atoms with Crippen molar-refractivity contribution in [1.82, 2.24) is 39.3 Å². The highest BCUT2D eigenvalue weighted by atomic mass is 32.1. The van der Waals surface area contributed by atoms with E-state index in [-0.39, 0.29) is 33.1 Å². The minimum Gasteiger partial charge on any atom is -0.390 e. The Morgan fingerprint density at radius 2 is 2.03 bits per heavy atom. The molecule has 0 spiro atoms. The summed E-state index contributed by atoms with van der Waals surface area (Å²) in [5, 5.41) is 25.6. The molecule has 5 heterocycles. The van der Waals surface area contributed by atoms with Crippen LogP contribution in [-0.2, 0) is 13.7 Å². The number of nitrogens with two attached hydrogens (primary N) is 1. The smallest absolute Gasteiger partial charge is 0.390 e. The van der Waals surface area contributed by atoms with E-state index in [0.717, 1.165) is 22.3 Å². The lowest BCUT2D eigenvalue weighted by atomic mass is 10.0. The van der Waals surface area contributed by atoms with Gasteiger partial charge in [-0.25, -0.2) is 18.4 Å². The van der Waals surface area contributed by atoms with Gasteiger partial charge in [-0.2, -0.15) is 14.9 Å². The Hall–Kier alpha value is -5.13. The number of anilines is 1. The number of hydrogen-bond donors (Lipinski definition) is 2. The van der Waals surface area contributed by atoms with E-state index in [1.807, 2.05) is 0 Å². The molecule has 0 unspecified atom stereocenters. The molecule has 0 aromatic carbocycles. The molecule has 200 valence electrons. The maximum atomic E-state index is 13.7. The van der Waals surface area contributed by atoms with Gasteiger partial charge in [0.25, 0.3) is 18.2 Å². The van der Waals surface area contributed by atoms with Crippen LogP contribution >= 0.6 is 11.3 Å². The molecule has 5 aromatic heterocycles. The molecule has 3 N–H and O–H groups in total. The van der Waals surface area contributed by atoms with Crippen LogP contribution < -0.4 is 11.1 Å². The summed E-state index contributed by atoms with van der Waals surface area (Å²) in [5.74, 6) is -2.21. The normalized spacial score (nSPS) is 11.4. The Balaban J connectivity index is 1.55. The van der Waals surface area contributed by atoms with Gasteiger partial charge in [-0.05, 0) is 29.5 Å². The molecule has 0 fully saturated rings. The van der Waals surface area contributed by atoms with Crippen molar-refractivity contribution in [1.29, 1.82) is 0 Å². The summed E-state index contributed by atoms with van der Waals surface area (Å²) < 4.78 is 31.4. The number of pyridine rings is 1. The van der Waals surface area contributed by atoms with Gasteiger partial charge in [0.15, 0.2) is 12.4 Å². The number of aryl methyl sites for hydroxylation is 1. The zero-order chi connectivity index (χ0) is 28.0. The molecule has 0 atom stereocenters. The van der Waals surface area contributed by atoms with E-state index in [2.05, 4.69) is 30.6 Å². The number of fused-ring (bicyclic) bond motifs is 1. The van der Waals surface area contributed by atoms with E-state index < -0.39 is 34.8 Å². The van der Waals surface area contributed by atoms with Crippen LogP contribution in [0.15, 0.2) is 30.9 Å². The maximum absolute atomic E-state index is 13.7. The van der Waals surface area contributed by atoms with Crippen LogP contribution in [-0.4, -0.2) is 56.0 Å². The zero-order valence-corrected chi connectivity index (χ0v) is 20.9. The number of halogens is 2. The second kappa shape index (κ2) is 9.63. The average Bonchev–Trinajstić information content (AvgIpc) is 3.67. The number of alkyl halides is 2. The van der Waals surface area contributed by atoms with E-state index in [9.17, 15) is 28.5 Å². The second-order valence-electron chi connectivity index (χ2n) is 8.19. The minimum absolute atomic E-state index is 0.000482. The Labute approximate surface area is 220 Å². The number of nitrogens with zero attached hydrogens (tertiary/aromatic N) is 9. The Morgan fingerprint density at radius 1 is 1.26 bits per heavy atom. The highest BCUT2D eigenvalue weighted by molar-refractivity contribution is 7.21. The Morgan fingerprint density at radius 3 is 2.64 bits per heavy atom. The molecule has 18 heteroatoms. The Bertz CT molecular complexity index is 1770. The van der Waals surface area contributed by atoms with Gasteiger partial charge in [-0.1, -0.05) is 4.98 Å². The van der Waals surface area contributed by atoms with Crippen LogP contribution in [0.3, 0.4) is 0 Å². The number of primary amides is 1. The number of amides is 2. The van der Waals surface area contributed by atoms with E-state index in [0.29, 0.717) is 16.8 Å². The van der Waals surface area contributed by atoms with E-state index in [1.54, 1.807) is 18.7 Å². The summed E-state index contributed by atoms with van der Waals surface area (Å²) in [6.45, 7) is 1.67. The molecule has 0 aliphatic heterocycles. The van der Waals surface area contributed by atoms with Crippen molar-refractivity contribution in [2.45, 2.75) is 20.0 Å². The molecular formula is C21H17F2N11O4S. The lowest BCUT2D eigenvalue weighted by Gasteiger charge is -2.10. The zero-order valence-electron chi connectivity index (χ0n) is 20.1. The van der Waals surface area contributed by atoms with Gasteiger partial charge in [0.2, 0.25) is 6.33 Å². The van der Waals surface area contributed by atoms with Crippen LogP contribution in [0.2, 0.25) is 0 Å². The highest BCUT2D eigenvalue weighted by Crippen LogP contribution is 2.43. The predicted octanol–water partition coefficient (Wildman–Crippen LogP) is 2.50. The fourth-order valence-electron chi connectivity index (χ4n) is 3.82. The van der Waals surface area contributed by atoms with Gasteiger partial charge >= 0.3 is 5.95 Å². The van der Waals surface area contributed by atoms with Crippen LogP contribution in [0.5, 0.6) is 0 Å². The molecule has 39 heavy (non-hydrogen) atoms. The van der Waals surface area contributed by atoms with Gasteiger partial charge in [-0.15, -0.1) is 11.3 Å². The molecule has 0 radical (unpaired) electrons. The largest absolute Gasteiger partial charge is 0.491 e. The first-order chi connectivity index (χ1) is 18.5. The molecule has 2 amide bonds. The summed E-state index contributed by atoms with van der Waals surface area (Å²) >= 11 is 0.774. The first-order valence-electron chi connectivity index (χ1n) is 11.0. The van der Waals surface area contributed by atoms with Crippen molar-refractivity contribution in [3.63, 3.8) is 0 Å². The van der Waals surface area contributed by atoms with Crippen molar-refractivity contribution in [3.05, 3.63) is 62.9 Å². The highest BCUT2D eigenvalue weighted by Gasteiger charge is 2.27. The lowest BCUT2D eigenvalue weighted by Crippen LogP contribution is -2.18. The lowest BCUT2D eigenvalue weighted by molar-refractivity contribution is -0.394. The van der Waals surface area contributed by atoms with Gasteiger partial charge in [0.05, 0.1) is 11.9 Å². The summed E-state index contributed by atoms with van der Waals surface area (Å²) in [6, 6.07) is 2.56. The molecule has 0 saturated carbocycles. The number of carbonyl (C=O) groups is 2. The van der Waals surface area contributed by atoms with Crippen molar-refractivity contribution in [2.75, 3.05) is 5.32 Å². The molecule has 0 aliphatic carbocycles. The quantitative estimate of drug-likeness (QED) is 0.213. The fourth-order valence-corrected chi connectivity index (χ4v) is 4.84. The van der Waals surface area contributed by atoms with E-state index >= 15 is 0 Å². The number of carbonyl (C=O) groups excluding carboxylic acids is 2. The number of nitrogens with one attached hydrogen (secondary N) is 1. The number of hydrogen-bond acceptors (Lipinski definition) is 10. The molecule has 5 aromatic rings. The maximum Gasteiger partial charge on any atom is 0.491 e. The molecule has 0 aliphatic rings. The average molecular weight is 558 g/mol. The van der Waals surface area contributed by atoms with Crippen molar-refractivity contribution in [3.8, 4) is 11.1 Å². The predicted molar refractivity (Wildman–Crippen MR) is 132 cm³/mol. The minimum atomic E-state index is -2.89. The Kier molecular flexibility index (Phi) is 6.30. The van der Waals surface area contributed by atoms with E-state index in [1.165, 1.54) is 29.2 Å². The molecule has 15 nitrogen and oxygen atoms in total. The third-order valence-electron chi connectivity index (χ3n) is 5.74. The van der Waals surface area contributed by atoms with Crippen LogP contribution in [0.1, 0.15) is 38.0 Å². The summed E-state index contributed by atoms with van der Waals surface area (Å²) in [6.07, 6.45) is 1.17. The standard InChI is InChI=1S/C21H17F2N11O4S/c1-9-11(6-26-31(9)2)10-5-13(17(22)23)27-20-14(10)15(16(39-20)18(24)35)28-19(36)12-3-4-32(29-12)8-33-7-25-21(30-33)34(37)38/h3-7,17H,8H2,1-2H3,(H2,24,35)(H,28,36). The number of thiophene rings is 1. The summed E-state index contributed by atoms with van der Waals surface area (Å²) in [4.78, 5) is 43.1. The van der Waals surface area contributed by atoms with Gasteiger partial charge < -0.3 is 21.2 Å². The van der Waals surface area contributed by atoms with Gasteiger partial charge in [-0.3, -0.25) is 14.3 Å². The van der Waals surface area contributed by atoms with Crippen LogP contribution in [0, 0.1) is 17.0 Å². The van der Waals surface area contributed by atoms with Crippen molar-refractivity contribution >= 4 is 45.0 Å².